The molecule has 4 heteroatoms. The van der Waals surface area contributed by atoms with E-state index in [-0.39, 0.29) is 41.3 Å². The molecule has 0 aliphatic heterocycles. The minimum Gasteiger partial charge on any atom is -0.393 e. The maximum absolute atomic E-state index is 12.3. The Morgan fingerprint density at radius 2 is 1.80 bits per heavy atom. The van der Waals surface area contributed by atoms with Crippen LogP contribution in [0.5, 0.6) is 0 Å². The van der Waals surface area contributed by atoms with E-state index in [4.69, 9.17) is 0 Å². The number of aliphatic hydroxyl groups excluding tert-OH is 3. The van der Waals surface area contributed by atoms with Gasteiger partial charge in [-0.25, -0.2) is 0 Å². The van der Waals surface area contributed by atoms with Crippen molar-refractivity contribution in [2.75, 3.05) is 6.61 Å². The number of Topliss-reactive ketones (excluding diaryl/α,β-unsaturated/α-hetero) is 1. The molecule has 4 nitrogen and oxygen atoms in total. The fraction of sp³-hybridized carbons (Fsp3) is 0.952. The molecule has 0 amide bonds. The lowest BCUT2D eigenvalue weighted by Crippen LogP contribution is -2.59. The number of fused-ring (bicyclic) bond motifs is 5. The summed E-state index contributed by atoms with van der Waals surface area (Å²) in [6.07, 6.45) is 7.12. The predicted molar refractivity (Wildman–Crippen MR) is 94.7 cm³/mol. The van der Waals surface area contributed by atoms with E-state index in [9.17, 15) is 20.1 Å². The highest BCUT2D eigenvalue weighted by Crippen LogP contribution is 2.67. The Morgan fingerprint density at radius 3 is 2.52 bits per heavy atom. The molecule has 7 unspecified atom stereocenters. The Kier molecular flexibility index (Phi) is 4.33. The monoisotopic (exact) mass is 350 g/mol. The average molecular weight is 350 g/mol. The van der Waals surface area contributed by atoms with E-state index in [0.717, 1.165) is 44.9 Å². The molecule has 0 saturated heterocycles. The van der Waals surface area contributed by atoms with Crippen LogP contribution in [0, 0.1) is 40.4 Å². The maximum Gasteiger partial charge on any atom is 0.161 e. The first-order chi connectivity index (χ1) is 11.8. The predicted octanol–water partition coefficient (Wildman–Crippen LogP) is 2.54. The van der Waals surface area contributed by atoms with Gasteiger partial charge in [0.25, 0.3) is 0 Å². The fourth-order valence-electron chi connectivity index (χ4n) is 8.00. The van der Waals surface area contributed by atoms with Gasteiger partial charge < -0.3 is 15.3 Å². The molecule has 0 aromatic carbocycles. The van der Waals surface area contributed by atoms with Gasteiger partial charge in [-0.2, -0.15) is 0 Å². The summed E-state index contributed by atoms with van der Waals surface area (Å²) >= 11 is 0. The van der Waals surface area contributed by atoms with Gasteiger partial charge in [0.1, 0.15) is 6.61 Å². The third kappa shape index (κ3) is 2.47. The largest absolute Gasteiger partial charge is 0.393 e. The molecule has 25 heavy (non-hydrogen) atoms. The zero-order valence-electron chi connectivity index (χ0n) is 15.7. The molecule has 4 saturated carbocycles. The second kappa shape index (κ2) is 6.03. The summed E-state index contributed by atoms with van der Waals surface area (Å²) in [7, 11) is 0. The van der Waals surface area contributed by atoms with Crippen LogP contribution in [0.1, 0.15) is 65.2 Å². The van der Waals surface area contributed by atoms with Crippen molar-refractivity contribution in [3.63, 3.8) is 0 Å². The first-order valence-electron chi connectivity index (χ1n) is 10.3. The summed E-state index contributed by atoms with van der Waals surface area (Å²) in [5, 5.41) is 30.7. The number of hydrogen-bond donors (Lipinski definition) is 3. The molecule has 4 aliphatic carbocycles. The lowest BCUT2D eigenvalue weighted by atomic mass is 9.44. The lowest BCUT2D eigenvalue weighted by Gasteiger charge is -2.62. The van der Waals surface area contributed by atoms with E-state index in [0.29, 0.717) is 30.1 Å². The summed E-state index contributed by atoms with van der Waals surface area (Å²) in [6.45, 7) is 4.19. The summed E-state index contributed by atoms with van der Waals surface area (Å²) in [4.78, 5) is 12.3. The van der Waals surface area contributed by atoms with Crippen LogP contribution < -0.4 is 0 Å². The van der Waals surface area contributed by atoms with Gasteiger partial charge in [0.15, 0.2) is 5.78 Å². The SMILES string of the molecule is CC12CC(O)C3C(CC[C@H]4C[C@H](O)CCC34C)C1CCC2C(=O)CO. The van der Waals surface area contributed by atoms with Gasteiger partial charge in [0.05, 0.1) is 12.2 Å². The van der Waals surface area contributed by atoms with Gasteiger partial charge in [0.2, 0.25) is 0 Å². The van der Waals surface area contributed by atoms with Gasteiger partial charge in [0, 0.05) is 5.92 Å². The Labute approximate surface area is 151 Å². The van der Waals surface area contributed by atoms with Crippen LogP contribution in [0.4, 0.5) is 0 Å². The zero-order chi connectivity index (χ0) is 18.0. The molecule has 0 radical (unpaired) electrons. The summed E-state index contributed by atoms with van der Waals surface area (Å²) in [6, 6.07) is 0. The molecule has 4 fully saturated rings. The van der Waals surface area contributed by atoms with Gasteiger partial charge in [-0.3, -0.25) is 4.79 Å². The van der Waals surface area contributed by atoms with Crippen LogP contribution in [0.25, 0.3) is 0 Å². The van der Waals surface area contributed by atoms with Crippen molar-refractivity contribution in [3.8, 4) is 0 Å². The molecule has 0 aromatic heterocycles. The van der Waals surface area contributed by atoms with Crippen LogP contribution >= 0.6 is 0 Å². The second-order valence-corrected chi connectivity index (χ2v) is 10.0. The van der Waals surface area contributed by atoms with Crippen LogP contribution in [0.15, 0.2) is 0 Å². The molecule has 0 heterocycles. The van der Waals surface area contributed by atoms with Crippen molar-refractivity contribution in [2.45, 2.75) is 77.4 Å². The molecule has 4 rings (SSSR count). The third-order valence-electron chi connectivity index (χ3n) is 9.11. The van der Waals surface area contributed by atoms with Crippen molar-refractivity contribution in [1.29, 1.82) is 0 Å². The quantitative estimate of drug-likeness (QED) is 0.715. The Balaban J connectivity index is 1.65. The second-order valence-electron chi connectivity index (χ2n) is 10.0. The van der Waals surface area contributed by atoms with Crippen molar-refractivity contribution in [2.24, 2.45) is 40.4 Å². The number of rotatable bonds is 2. The summed E-state index contributed by atoms with van der Waals surface area (Å²) < 4.78 is 0. The van der Waals surface area contributed by atoms with Crippen LogP contribution in [0.3, 0.4) is 0 Å². The van der Waals surface area contributed by atoms with Crippen molar-refractivity contribution in [1.82, 2.24) is 0 Å². The topological polar surface area (TPSA) is 77.8 Å². The normalized spacial score (nSPS) is 55.2. The zero-order valence-corrected chi connectivity index (χ0v) is 15.7. The number of hydrogen-bond acceptors (Lipinski definition) is 4. The van der Waals surface area contributed by atoms with Gasteiger partial charge >= 0.3 is 0 Å². The molecular formula is C21H34O4. The molecule has 142 valence electrons. The van der Waals surface area contributed by atoms with E-state index >= 15 is 0 Å². The fourth-order valence-corrected chi connectivity index (χ4v) is 8.00. The van der Waals surface area contributed by atoms with E-state index in [1.165, 1.54) is 0 Å². The van der Waals surface area contributed by atoms with Gasteiger partial charge in [-0.05, 0) is 85.9 Å². The number of aliphatic hydroxyl groups is 3. The molecule has 0 bridgehead atoms. The lowest BCUT2D eigenvalue weighted by molar-refractivity contribution is -0.179. The molecule has 3 N–H and O–H groups in total. The Hall–Kier alpha value is -0.450. The Morgan fingerprint density at radius 1 is 1.04 bits per heavy atom. The van der Waals surface area contributed by atoms with Crippen molar-refractivity contribution in [3.05, 3.63) is 0 Å². The highest BCUT2D eigenvalue weighted by atomic mass is 16.3. The first kappa shape index (κ1) is 17.9. The third-order valence-corrected chi connectivity index (χ3v) is 9.11. The van der Waals surface area contributed by atoms with Gasteiger partial charge in [-0.1, -0.05) is 13.8 Å². The smallest absolute Gasteiger partial charge is 0.161 e. The van der Waals surface area contributed by atoms with E-state index < -0.39 is 0 Å². The van der Waals surface area contributed by atoms with E-state index in [1.54, 1.807) is 0 Å². The average Bonchev–Trinajstić information content (AvgIpc) is 2.91. The molecule has 4 aliphatic rings. The first-order valence-corrected chi connectivity index (χ1v) is 10.3. The molecule has 0 spiro atoms. The maximum atomic E-state index is 12.3. The van der Waals surface area contributed by atoms with E-state index in [2.05, 4.69) is 13.8 Å². The highest BCUT2D eigenvalue weighted by molar-refractivity contribution is 5.83. The Bertz CT molecular complexity index is 548. The van der Waals surface area contributed by atoms with Crippen LogP contribution in [0.2, 0.25) is 0 Å². The molecule has 9 atom stereocenters. The molecule has 0 aromatic rings. The summed E-state index contributed by atoms with van der Waals surface area (Å²) in [5.41, 5.74) is -0.0280. The summed E-state index contributed by atoms with van der Waals surface area (Å²) in [5.74, 6) is 1.69. The number of carbonyl (C=O) groups excluding carboxylic acids is 1. The van der Waals surface area contributed by atoms with Crippen LogP contribution in [-0.4, -0.2) is 39.9 Å². The van der Waals surface area contributed by atoms with Crippen molar-refractivity contribution >= 4 is 5.78 Å². The number of ketones is 1. The minimum atomic E-state index is -0.366. The van der Waals surface area contributed by atoms with E-state index in [1.807, 2.05) is 0 Å². The van der Waals surface area contributed by atoms with Gasteiger partial charge in [-0.15, -0.1) is 0 Å². The minimum absolute atomic E-state index is 0.0312. The van der Waals surface area contributed by atoms with Crippen LogP contribution in [-0.2, 0) is 4.79 Å². The number of carbonyl (C=O) groups is 1. The highest BCUT2D eigenvalue weighted by Gasteiger charge is 2.63. The standard InChI is InChI=1S/C21H34O4/c1-20-8-7-13(23)9-12(20)3-4-14-15-5-6-16(18(25)11-22)21(15,2)10-17(24)19(14)20/h12-17,19,22-24H,3-11H2,1-2H3/t12-,13+,14?,15?,16?,17?,19?,20?,21?/m0/s1. The molecular weight excluding hydrogens is 316 g/mol. The van der Waals surface area contributed by atoms with Crippen molar-refractivity contribution < 1.29 is 20.1 Å².